The molecule has 0 aromatic carbocycles. The predicted octanol–water partition coefficient (Wildman–Crippen LogP) is 0.343. The second-order valence-electron chi connectivity index (χ2n) is 3.54. The number of fused-ring (bicyclic) bond motifs is 1. The molecule has 0 aliphatic heterocycles. The molecule has 86 valence electrons. The number of nitrogens with two attached hydrogens (primary N) is 1. The van der Waals surface area contributed by atoms with E-state index >= 15 is 0 Å². The predicted molar refractivity (Wildman–Crippen MR) is 60.4 cm³/mol. The first-order valence-electron chi connectivity index (χ1n) is 4.97. The quantitative estimate of drug-likeness (QED) is 0.662. The summed E-state index contributed by atoms with van der Waals surface area (Å²) in [4.78, 5) is 22.7. The van der Waals surface area contributed by atoms with Crippen LogP contribution in [0.5, 0.6) is 0 Å². The SMILES string of the molecule is Nc1nc2nc[nH]c2c(=O)n1Cc1ccco1. The van der Waals surface area contributed by atoms with Gasteiger partial charge in [-0.05, 0) is 12.1 Å². The summed E-state index contributed by atoms with van der Waals surface area (Å²) in [6.07, 6.45) is 2.95. The molecule has 3 N–H and O–H groups in total. The van der Waals surface area contributed by atoms with Crippen LogP contribution in [0.4, 0.5) is 5.95 Å². The summed E-state index contributed by atoms with van der Waals surface area (Å²) in [5.41, 5.74) is 6.12. The number of aromatic nitrogens is 4. The second kappa shape index (κ2) is 3.48. The standard InChI is InChI=1S/C10H9N5O2/c11-10-14-8-7(12-5-13-8)9(16)15(10)4-6-2-1-3-17-6/h1-3,5H,4H2,(H2,11,14)(H,12,13). The van der Waals surface area contributed by atoms with Crippen LogP contribution < -0.4 is 11.3 Å². The summed E-state index contributed by atoms with van der Waals surface area (Å²) < 4.78 is 6.50. The van der Waals surface area contributed by atoms with Crippen molar-refractivity contribution in [2.45, 2.75) is 6.54 Å². The number of aromatic amines is 1. The van der Waals surface area contributed by atoms with Gasteiger partial charge in [0.05, 0.1) is 19.1 Å². The molecule has 0 saturated heterocycles. The Morgan fingerprint density at radius 1 is 1.53 bits per heavy atom. The lowest BCUT2D eigenvalue weighted by Crippen LogP contribution is -2.25. The third kappa shape index (κ3) is 1.48. The number of nitrogen functional groups attached to an aromatic ring is 1. The maximum absolute atomic E-state index is 12.1. The van der Waals surface area contributed by atoms with E-state index in [1.807, 2.05) is 0 Å². The summed E-state index contributed by atoms with van der Waals surface area (Å²) in [7, 11) is 0. The minimum atomic E-state index is -0.263. The maximum atomic E-state index is 12.1. The summed E-state index contributed by atoms with van der Waals surface area (Å²) in [6, 6.07) is 3.52. The molecular weight excluding hydrogens is 222 g/mol. The second-order valence-corrected chi connectivity index (χ2v) is 3.54. The van der Waals surface area contributed by atoms with Crippen molar-refractivity contribution in [3.05, 3.63) is 40.8 Å². The summed E-state index contributed by atoms with van der Waals surface area (Å²) in [5, 5.41) is 0. The van der Waals surface area contributed by atoms with Crippen molar-refractivity contribution < 1.29 is 4.42 Å². The van der Waals surface area contributed by atoms with Gasteiger partial charge in [-0.25, -0.2) is 4.98 Å². The fourth-order valence-corrected chi connectivity index (χ4v) is 1.65. The van der Waals surface area contributed by atoms with Crippen molar-refractivity contribution in [3.63, 3.8) is 0 Å². The first kappa shape index (κ1) is 9.64. The Morgan fingerprint density at radius 2 is 2.41 bits per heavy atom. The van der Waals surface area contributed by atoms with Crippen LogP contribution in [0.1, 0.15) is 5.76 Å². The van der Waals surface area contributed by atoms with Crippen molar-refractivity contribution >= 4 is 17.1 Å². The zero-order valence-corrected chi connectivity index (χ0v) is 8.75. The van der Waals surface area contributed by atoms with Crippen molar-refractivity contribution in [2.24, 2.45) is 0 Å². The Labute approximate surface area is 94.9 Å². The molecule has 7 nitrogen and oxygen atoms in total. The van der Waals surface area contributed by atoms with Crippen LogP contribution in [-0.2, 0) is 6.54 Å². The molecule has 0 bridgehead atoms. The Morgan fingerprint density at radius 3 is 3.18 bits per heavy atom. The average Bonchev–Trinajstić information content (AvgIpc) is 2.94. The zero-order valence-electron chi connectivity index (χ0n) is 8.75. The van der Waals surface area contributed by atoms with Crippen LogP contribution in [0, 0.1) is 0 Å². The number of anilines is 1. The molecule has 0 aliphatic rings. The van der Waals surface area contributed by atoms with Gasteiger partial charge < -0.3 is 15.1 Å². The van der Waals surface area contributed by atoms with E-state index in [0.717, 1.165) is 0 Å². The summed E-state index contributed by atoms with van der Waals surface area (Å²) in [6.45, 7) is 0.250. The van der Waals surface area contributed by atoms with Gasteiger partial charge in [-0.2, -0.15) is 4.98 Å². The van der Waals surface area contributed by atoms with Gasteiger partial charge in [0.1, 0.15) is 5.76 Å². The minimum absolute atomic E-state index is 0.117. The highest BCUT2D eigenvalue weighted by Gasteiger charge is 2.11. The lowest BCUT2D eigenvalue weighted by Gasteiger charge is -2.06. The van der Waals surface area contributed by atoms with Gasteiger partial charge in [-0.3, -0.25) is 9.36 Å². The Kier molecular flexibility index (Phi) is 1.97. The number of H-pyrrole nitrogens is 1. The van der Waals surface area contributed by atoms with Crippen molar-refractivity contribution in [2.75, 3.05) is 5.73 Å². The maximum Gasteiger partial charge on any atom is 0.281 e. The van der Waals surface area contributed by atoms with E-state index in [2.05, 4.69) is 15.0 Å². The summed E-state index contributed by atoms with van der Waals surface area (Å²) in [5.74, 6) is 0.755. The first-order valence-corrected chi connectivity index (χ1v) is 4.97. The molecule has 0 spiro atoms. The van der Waals surface area contributed by atoms with E-state index in [1.54, 1.807) is 18.4 Å². The van der Waals surface area contributed by atoms with Gasteiger partial charge in [0.25, 0.3) is 5.56 Å². The van der Waals surface area contributed by atoms with Crippen LogP contribution in [0.15, 0.2) is 33.9 Å². The molecule has 3 heterocycles. The number of furan rings is 1. The number of nitrogens with zero attached hydrogens (tertiary/aromatic N) is 3. The highest BCUT2D eigenvalue weighted by molar-refractivity contribution is 5.69. The molecule has 3 rings (SSSR count). The molecule has 3 aromatic heterocycles. The van der Waals surface area contributed by atoms with Gasteiger partial charge in [-0.1, -0.05) is 0 Å². The molecule has 0 radical (unpaired) electrons. The molecule has 0 aliphatic carbocycles. The zero-order chi connectivity index (χ0) is 11.8. The van der Waals surface area contributed by atoms with E-state index in [1.165, 1.54) is 10.9 Å². The average molecular weight is 231 g/mol. The third-order valence-electron chi connectivity index (χ3n) is 2.47. The molecule has 0 fully saturated rings. The van der Waals surface area contributed by atoms with Gasteiger partial charge in [-0.15, -0.1) is 0 Å². The molecule has 0 unspecified atom stereocenters. The van der Waals surface area contributed by atoms with E-state index in [4.69, 9.17) is 10.2 Å². The normalized spacial score (nSPS) is 11.1. The largest absolute Gasteiger partial charge is 0.467 e. The van der Waals surface area contributed by atoms with Crippen LogP contribution >= 0.6 is 0 Å². The monoisotopic (exact) mass is 231 g/mol. The van der Waals surface area contributed by atoms with Crippen LogP contribution in [0.25, 0.3) is 11.2 Å². The van der Waals surface area contributed by atoms with Crippen LogP contribution in [-0.4, -0.2) is 19.5 Å². The van der Waals surface area contributed by atoms with E-state index < -0.39 is 0 Å². The molecular formula is C10H9N5O2. The van der Waals surface area contributed by atoms with Gasteiger partial charge in [0.15, 0.2) is 11.2 Å². The highest BCUT2D eigenvalue weighted by Crippen LogP contribution is 2.08. The van der Waals surface area contributed by atoms with Crippen molar-refractivity contribution in [1.82, 2.24) is 19.5 Å². The van der Waals surface area contributed by atoms with E-state index in [0.29, 0.717) is 16.9 Å². The van der Waals surface area contributed by atoms with Gasteiger partial charge >= 0.3 is 0 Å². The number of nitrogens with one attached hydrogen (secondary N) is 1. The molecule has 0 atom stereocenters. The topological polar surface area (TPSA) is 103 Å². The van der Waals surface area contributed by atoms with Crippen molar-refractivity contribution in [1.29, 1.82) is 0 Å². The Bertz CT molecular complexity index is 710. The molecule has 3 aromatic rings. The van der Waals surface area contributed by atoms with Crippen LogP contribution in [0.2, 0.25) is 0 Å². The first-order chi connectivity index (χ1) is 8.25. The number of rotatable bonds is 2. The number of imidazole rings is 1. The fourth-order valence-electron chi connectivity index (χ4n) is 1.65. The lowest BCUT2D eigenvalue weighted by molar-refractivity contribution is 0.491. The molecule has 0 amide bonds. The minimum Gasteiger partial charge on any atom is -0.467 e. The number of hydrogen-bond acceptors (Lipinski definition) is 5. The van der Waals surface area contributed by atoms with E-state index in [-0.39, 0.29) is 18.1 Å². The fraction of sp³-hybridized carbons (Fsp3) is 0.100. The van der Waals surface area contributed by atoms with Gasteiger partial charge in [0.2, 0.25) is 5.95 Å². The summed E-state index contributed by atoms with van der Waals surface area (Å²) >= 11 is 0. The molecule has 7 heteroatoms. The van der Waals surface area contributed by atoms with Gasteiger partial charge in [0, 0.05) is 0 Å². The number of hydrogen-bond donors (Lipinski definition) is 2. The molecule has 17 heavy (non-hydrogen) atoms. The Balaban J connectivity index is 2.18. The molecule has 0 saturated carbocycles. The Hall–Kier alpha value is -2.57. The van der Waals surface area contributed by atoms with Crippen LogP contribution in [0.3, 0.4) is 0 Å². The smallest absolute Gasteiger partial charge is 0.281 e. The highest BCUT2D eigenvalue weighted by atomic mass is 16.3. The lowest BCUT2D eigenvalue weighted by atomic mass is 10.4. The van der Waals surface area contributed by atoms with E-state index in [9.17, 15) is 4.79 Å². The third-order valence-corrected chi connectivity index (χ3v) is 2.47. The van der Waals surface area contributed by atoms with Crippen molar-refractivity contribution in [3.8, 4) is 0 Å².